The van der Waals surface area contributed by atoms with Crippen molar-refractivity contribution in [3.8, 4) is 0 Å². The van der Waals surface area contributed by atoms with Crippen LogP contribution in [0.1, 0.15) is 12.5 Å². The molecule has 1 rings (SSSR count). The molecule has 1 atom stereocenters. The average Bonchev–Trinajstić information content (AvgIpc) is 2.09. The molecule has 0 saturated carbocycles. The molecule has 0 bridgehead atoms. The first-order valence-corrected chi connectivity index (χ1v) is 4.64. The zero-order valence-corrected chi connectivity index (χ0v) is 8.94. The van der Waals surface area contributed by atoms with Crippen molar-refractivity contribution in [3.63, 3.8) is 0 Å². The van der Waals surface area contributed by atoms with Gasteiger partial charge >= 0.3 is 0 Å². The van der Waals surface area contributed by atoms with E-state index in [1.165, 1.54) is 12.1 Å². The normalized spacial score (nSPS) is 15.1. The lowest BCUT2D eigenvalue weighted by Gasteiger charge is -2.21. The SMILES string of the molecule is C=C[C@@](C)(N)c1cc(F)ccc1Br. The summed E-state index contributed by atoms with van der Waals surface area (Å²) in [7, 11) is 0. The fourth-order valence-electron chi connectivity index (χ4n) is 1.02. The molecule has 0 spiro atoms. The summed E-state index contributed by atoms with van der Waals surface area (Å²) >= 11 is 3.31. The number of nitrogens with two attached hydrogens (primary N) is 1. The molecule has 1 aromatic carbocycles. The Hall–Kier alpha value is -0.670. The molecule has 2 N–H and O–H groups in total. The summed E-state index contributed by atoms with van der Waals surface area (Å²) in [5.41, 5.74) is 5.88. The van der Waals surface area contributed by atoms with Gasteiger partial charge in [-0.15, -0.1) is 6.58 Å². The van der Waals surface area contributed by atoms with E-state index in [4.69, 9.17) is 5.73 Å². The van der Waals surface area contributed by atoms with Gasteiger partial charge in [-0.25, -0.2) is 4.39 Å². The van der Waals surface area contributed by atoms with Crippen molar-refractivity contribution in [2.24, 2.45) is 5.73 Å². The molecule has 0 heterocycles. The topological polar surface area (TPSA) is 26.0 Å². The minimum atomic E-state index is -0.707. The minimum absolute atomic E-state index is 0.295. The molecule has 0 unspecified atom stereocenters. The van der Waals surface area contributed by atoms with E-state index in [2.05, 4.69) is 22.5 Å². The maximum absolute atomic E-state index is 12.9. The van der Waals surface area contributed by atoms with Crippen LogP contribution in [0.15, 0.2) is 35.3 Å². The van der Waals surface area contributed by atoms with E-state index in [0.717, 1.165) is 4.47 Å². The lowest BCUT2D eigenvalue weighted by Crippen LogP contribution is -2.30. The molecule has 0 aromatic heterocycles. The monoisotopic (exact) mass is 243 g/mol. The van der Waals surface area contributed by atoms with Gasteiger partial charge in [0.05, 0.1) is 5.54 Å². The van der Waals surface area contributed by atoms with Crippen molar-refractivity contribution >= 4 is 15.9 Å². The second-order valence-electron chi connectivity index (χ2n) is 3.11. The first-order chi connectivity index (χ1) is 5.97. The first kappa shape index (κ1) is 10.4. The Morgan fingerprint density at radius 3 is 2.77 bits per heavy atom. The summed E-state index contributed by atoms with van der Waals surface area (Å²) in [4.78, 5) is 0. The van der Waals surface area contributed by atoms with E-state index in [1.54, 1.807) is 19.1 Å². The molecule has 70 valence electrons. The Kier molecular flexibility index (Phi) is 2.88. The summed E-state index contributed by atoms with van der Waals surface area (Å²) in [5.74, 6) is -0.295. The molecule has 0 saturated heterocycles. The van der Waals surface area contributed by atoms with Crippen molar-refractivity contribution in [3.05, 3.63) is 46.7 Å². The van der Waals surface area contributed by atoms with Crippen LogP contribution < -0.4 is 5.73 Å². The summed E-state index contributed by atoms with van der Waals surface area (Å²) < 4.78 is 13.7. The van der Waals surface area contributed by atoms with Crippen LogP contribution in [0.2, 0.25) is 0 Å². The van der Waals surface area contributed by atoms with Crippen molar-refractivity contribution in [1.29, 1.82) is 0 Å². The Morgan fingerprint density at radius 1 is 1.62 bits per heavy atom. The van der Waals surface area contributed by atoms with Crippen LogP contribution in [0.5, 0.6) is 0 Å². The first-order valence-electron chi connectivity index (χ1n) is 3.85. The Bertz CT molecular complexity index is 334. The second kappa shape index (κ2) is 3.60. The fourth-order valence-corrected chi connectivity index (χ4v) is 1.69. The molecule has 0 fully saturated rings. The lowest BCUT2D eigenvalue weighted by molar-refractivity contribution is 0.594. The molecular formula is C10H11BrFN. The molecule has 0 aliphatic carbocycles. The number of hydrogen-bond acceptors (Lipinski definition) is 1. The van der Waals surface area contributed by atoms with Crippen molar-refractivity contribution < 1.29 is 4.39 Å². The van der Waals surface area contributed by atoms with E-state index < -0.39 is 5.54 Å². The molecule has 0 aliphatic rings. The van der Waals surface area contributed by atoms with Crippen LogP contribution in [0.25, 0.3) is 0 Å². The molecule has 0 aliphatic heterocycles. The van der Waals surface area contributed by atoms with Crippen molar-refractivity contribution in [1.82, 2.24) is 0 Å². The summed E-state index contributed by atoms with van der Waals surface area (Å²) in [6, 6.07) is 4.43. The molecule has 0 radical (unpaired) electrons. The predicted molar refractivity (Wildman–Crippen MR) is 55.8 cm³/mol. The minimum Gasteiger partial charge on any atom is -0.318 e. The van der Waals surface area contributed by atoms with Gasteiger partial charge in [0.1, 0.15) is 5.82 Å². The van der Waals surface area contributed by atoms with E-state index in [1.807, 2.05) is 0 Å². The fraction of sp³-hybridized carbons (Fsp3) is 0.200. The molecule has 1 aromatic rings. The zero-order valence-electron chi connectivity index (χ0n) is 7.35. The third-order valence-electron chi connectivity index (χ3n) is 1.93. The molecule has 0 amide bonds. The largest absolute Gasteiger partial charge is 0.318 e. The van der Waals surface area contributed by atoms with Crippen LogP contribution >= 0.6 is 15.9 Å². The second-order valence-corrected chi connectivity index (χ2v) is 3.97. The van der Waals surface area contributed by atoms with Gasteiger partial charge in [0, 0.05) is 4.47 Å². The summed E-state index contributed by atoms with van der Waals surface area (Å²) in [5, 5.41) is 0. The molecule has 1 nitrogen and oxygen atoms in total. The Morgan fingerprint density at radius 2 is 2.23 bits per heavy atom. The number of hydrogen-bond donors (Lipinski definition) is 1. The van der Waals surface area contributed by atoms with E-state index in [9.17, 15) is 4.39 Å². The summed E-state index contributed by atoms with van der Waals surface area (Å²) in [6.07, 6.45) is 1.59. The lowest BCUT2D eigenvalue weighted by atomic mass is 9.93. The average molecular weight is 244 g/mol. The smallest absolute Gasteiger partial charge is 0.123 e. The van der Waals surface area contributed by atoms with Gasteiger partial charge in [-0.3, -0.25) is 0 Å². The third kappa shape index (κ3) is 2.17. The molecule has 3 heteroatoms. The van der Waals surface area contributed by atoms with Gasteiger partial charge in [-0.2, -0.15) is 0 Å². The van der Waals surface area contributed by atoms with Crippen LogP contribution in [0.3, 0.4) is 0 Å². The van der Waals surface area contributed by atoms with Crippen LogP contribution in [-0.2, 0) is 5.54 Å². The van der Waals surface area contributed by atoms with Crippen LogP contribution in [0, 0.1) is 5.82 Å². The molecular weight excluding hydrogens is 233 g/mol. The van der Waals surface area contributed by atoms with E-state index in [-0.39, 0.29) is 5.82 Å². The Labute approximate surface area is 85.6 Å². The van der Waals surface area contributed by atoms with Crippen molar-refractivity contribution in [2.75, 3.05) is 0 Å². The van der Waals surface area contributed by atoms with Crippen molar-refractivity contribution in [2.45, 2.75) is 12.5 Å². The summed E-state index contributed by atoms with van der Waals surface area (Å²) in [6.45, 7) is 5.39. The number of rotatable bonds is 2. The van der Waals surface area contributed by atoms with Gasteiger partial charge in [-0.05, 0) is 30.7 Å². The third-order valence-corrected chi connectivity index (χ3v) is 2.62. The van der Waals surface area contributed by atoms with Gasteiger partial charge in [0.2, 0.25) is 0 Å². The quantitative estimate of drug-likeness (QED) is 0.795. The highest BCUT2D eigenvalue weighted by molar-refractivity contribution is 9.10. The highest BCUT2D eigenvalue weighted by Crippen LogP contribution is 2.27. The van der Waals surface area contributed by atoms with E-state index in [0.29, 0.717) is 5.56 Å². The van der Waals surface area contributed by atoms with Gasteiger partial charge < -0.3 is 5.73 Å². The number of halogens is 2. The maximum Gasteiger partial charge on any atom is 0.123 e. The predicted octanol–water partition coefficient (Wildman–Crippen LogP) is 2.95. The molecule has 13 heavy (non-hydrogen) atoms. The van der Waals surface area contributed by atoms with E-state index >= 15 is 0 Å². The maximum atomic E-state index is 12.9. The van der Waals surface area contributed by atoms with Gasteiger partial charge in [0.25, 0.3) is 0 Å². The Balaban J connectivity index is 3.28. The van der Waals surface area contributed by atoms with Gasteiger partial charge in [0.15, 0.2) is 0 Å². The van der Waals surface area contributed by atoms with Crippen LogP contribution in [0.4, 0.5) is 4.39 Å². The standard InChI is InChI=1S/C10H11BrFN/c1-3-10(2,13)8-6-7(12)4-5-9(8)11/h3-6H,1,13H2,2H3/t10-/m1/s1. The number of benzene rings is 1. The zero-order chi connectivity index (χ0) is 10.1. The van der Waals surface area contributed by atoms with Gasteiger partial charge in [-0.1, -0.05) is 22.0 Å². The van der Waals surface area contributed by atoms with Crippen LogP contribution in [-0.4, -0.2) is 0 Å². The highest BCUT2D eigenvalue weighted by atomic mass is 79.9. The highest BCUT2D eigenvalue weighted by Gasteiger charge is 2.19.